The van der Waals surface area contributed by atoms with Crippen LogP contribution >= 0.6 is 0 Å². The Morgan fingerprint density at radius 3 is 2.45 bits per heavy atom. The molecule has 0 atom stereocenters. The third-order valence-corrected chi connectivity index (χ3v) is 3.30. The van der Waals surface area contributed by atoms with Gasteiger partial charge in [0, 0.05) is 12.1 Å². The molecule has 0 bridgehead atoms. The molecule has 0 fully saturated rings. The summed E-state index contributed by atoms with van der Waals surface area (Å²) in [7, 11) is 0. The Bertz CT molecular complexity index is 920. The van der Waals surface area contributed by atoms with Gasteiger partial charge in [-0.05, 0) is 42.0 Å². The van der Waals surface area contributed by atoms with Crippen LogP contribution in [0, 0.1) is 11.6 Å². The summed E-state index contributed by atoms with van der Waals surface area (Å²) < 4.78 is 28.0. The van der Waals surface area contributed by atoms with E-state index in [0.29, 0.717) is 11.2 Å². The van der Waals surface area contributed by atoms with Crippen LogP contribution in [0.2, 0.25) is 0 Å². The highest BCUT2D eigenvalue weighted by Crippen LogP contribution is 2.23. The van der Waals surface area contributed by atoms with E-state index in [-0.39, 0.29) is 11.6 Å². The van der Waals surface area contributed by atoms with Crippen LogP contribution in [-0.4, -0.2) is 14.6 Å². The Morgan fingerprint density at radius 2 is 1.65 bits per heavy atom. The largest absolute Gasteiger partial charge is 0.292 e. The van der Waals surface area contributed by atoms with Gasteiger partial charge in [0.1, 0.15) is 11.6 Å². The topological polar surface area (TPSA) is 33.1 Å². The molecule has 4 rings (SSSR count). The maximum atomic E-state index is 13.3. The molecule has 1 N–H and O–H groups in total. The van der Waals surface area contributed by atoms with Crippen LogP contribution in [0.3, 0.4) is 0 Å². The summed E-state index contributed by atoms with van der Waals surface area (Å²) in [4.78, 5) is 4.41. The normalized spacial score (nSPS) is 11.5. The average molecular weight is 269 g/mol. The number of imidazole rings is 1. The van der Waals surface area contributed by atoms with E-state index in [1.54, 1.807) is 22.7 Å². The van der Waals surface area contributed by atoms with Gasteiger partial charge in [0.25, 0.3) is 0 Å². The van der Waals surface area contributed by atoms with Crippen molar-refractivity contribution in [1.29, 1.82) is 0 Å². The zero-order valence-corrected chi connectivity index (χ0v) is 10.3. The minimum atomic E-state index is -0.308. The number of H-pyrrole nitrogens is 1. The van der Waals surface area contributed by atoms with E-state index < -0.39 is 0 Å². The van der Waals surface area contributed by atoms with Crippen molar-refractivity contribution >= 4 is 16.7 Å². The first-order valence-corrected chi connectivity index (χ1v) is 6.13. The number of nitrogens with one attached hydrogen (secondary N) is 1. The van der Waals surface area contributed by atoms with E-state index in [1.807, 2.05) is 6.07 Å². The molecule has 0 radical (unpaired) electrons. The summed E-state index contributed by atoms with van der Waals surface area (Å²) in [5.41, 5.74) is 3.75. The third kappa shape index (κ3) is 1.60. The van der Waals surface area contributed by atoms with Crippen LogP contribution in [0.1, 0.15) is 0 Å². The van der Waals surface area contributed by atoms with Crippen molar-refractivity contribution < 1.29 is 8.78 Å². The summed E-state index contributed by atoms with van der Waals surface area (Å²) >= 11 is 0. The molecule has 5 heteroatoms. The highest BCUT2D eigenvalue weighted by atomic mass is 19.1. The molecule has 98 valence electrons. The number of halogens is 2. The predicted molar refractivity (Wildman–Crippen MR) is 72.4 cm³/mol. The SMILES string of the molecule is Fc1ccc(-c2cc3nc4ccc(F)cc4n3[nH]2)cc1. The first kappa shape index (κ1) is 11.2. The quantitative estimate of drug-likeness (QED) is 0.560. The summed E-state index contributed by atoms with van der Waals surface area (Å²) in [6.45, 7) is 0. The number of hydrogen-bond acceptors (Lipinski definition) is 1. The first-order valence-electron chi connectivity index (χ1n) is 6.13. The van der Waals surface area contributed by atoms with E-state index >= 15 is 0 Å². The molecule has 0 unspecified atom stereocenters. The number of rotatable bonds is 1. The lowest BCUT2D eigenvalue weighted by atomic mass is 10.1. The van der Waals surface area contributed by atoms with Gasteiger partial charge in [-0.3, -0.25) is 5.10 Å². The summed E-state index contributed by atoms with van der Waals surface area (Å²) in [5.74, 6) is -0.588. The number of nitrogens with zero attached hydrogens (tertiary/aromatic N) is 2. The van der Waals surface area contributed by atoms with Crippen LogP contribution in [0.25, 0.3) is 27.9 Å². The summed E-state index contributed by atoms with van der Waals surface area (Å²) in [6, 6.07) is 12.5. The van der Waals surface area contributed by atoms with Gasteiger partial charge in [0.15, 0.2) is 5.65 Å². The van der Waals surface area contributed by atoms with Crippen molar-refractivity contribution in [3.63, 3.8) is 0 Å². The van der Waals surface area contributed by atoms with Gasteiger partial charge in [-0.25, -0.2) is 18.3 Å². The molecule has 0 amide bonds. The average Bonchev–Trinajstić information content (AvgIpc) is 2.98. The van der Waals surface area contributed by atoms with Crippen LogP contribution < -0.4 is 0 Å². The first-order chi connectivity index (χ1) is 9.70. The van der Waals surface area contributed by atoms with Crippen LogP contribution in [0.15, 0.2) is 48.5 Å². The lowest BCUT2D eigenvalue weighted by Crippen LogP contribution is -1.86. The van der Waals surface area contributed by atoms with Gasteiger partial charge in [0.05, 0.1) is 16.7 Å². The van der Waals surface area contributed by atoms with Gasteiger partial charge < -0.3 is 0 Å². The zero-order valence-electron chi connectivity index (χ0n) is 10.3. The smallest absolute Gasteiger partial charge is 0.154 e. The van der Waals surface area contributed by atoms with E-state index in [2.05, 4.69) is 10.1 Å². The molecule has 0 spiro atoms. The lowest BCUT2D eigenvalue weighted by Gasteiger charge is -1.97. The highest BCUT2D eigenvalue weighted by molar-refractivity contribution is 5.81. The zero-order chi connectivity index (χ0) is 13.7. The molecular formula is C15H9F2N3. The summed E-state index contributed by atoms with van der Waals surface area (Å²) in [6.07, 6.45) is 0. The van der Waals surface area contributed by atoms with Gasteiger partial charge in [0.2, 0.25) is 0 Å². The van der Waals surface area contributed by atoms with Gasteiger partial charge in [-0.1, -0.05) is 0 Å². The molecule has 2 aromatic heterocycles. The minimum Gasteiger partial charge on any atom is -0.292 e. The van der Waals surface area contributed by atoms with Crippen LogP contribution in [0.4, 0.5) is 8.78 Å². The standard InChI is InChI=1S/C15H9F2N3/c16-10-3-1-9(2-4-10)13-8-15-18-12-6-5-11(17)7-14(12)20(15)19-13/h1-8,19H. The van der Waals surface area contributed by atoms with E-state index in [0.717, 1.165) is 16.8 Å². The Morgan fingerprint density at radius 1 is 0.900 bits per heavy atom. The maximum absolute atomic E-state index is 13.3. The number of fused-ring (bicyclic) bond motifs is 3. The molecule has 0 saturated carbocycles. The number of aromatic nitrogens is 3. The lowest BCUT2D eigenvalue weighted by molar-refractivity contribution is 0.627. The molecule has 2 heterocycles. The van der Waals surface area contributed by atoms with E-state index in [9.17, 15) is 8.78 Å². The van der Waals surface area contributed by atoms with E-state index in [4.69, 9.17) is 0 Å². The second kappa shape index (κ2) is 3.90. The van der Waals surface area contributed by atoms with Gasteiger partial charge in [-0.2, -0.15) is 0 Å². The number of benzene rings is 2. The minimum absolute atomic E-state index is 0.280. The van der Waals surface area contributed by atoms with Crippen molar-refractivity contribution in [2.24, 2.45) is 0 Å². The molecule has 4 aromatic rings. The molecule has 3 nitrogen and oxygen atoms in total. The Labute approximate surface area is 112 Å². The van der Waals surface area contributed by atoms with Crippen molar-refractivity contribution in [3.8, 4) is 11.3 Å². The van der Waals surface area contributed by atoms with Gasteiger partial charge in [-0.15, -0.1) is 0 Å². The van der Waals surface area contributed by atoms with Gasteiger partial charge >= 0.3 is 0 Å². The molecule has 0 aliphatic rings. The molecular weight excluding hydrogens is 260 g/mol. The molecule has 2 aromatic carbocycles. The van der Waals surface area contributed by atoms with Crippen molar-refractivity contribution in [1.82, 2.24) is 14.6 Å². The summed E-state index contributed by atoms with van der Waals surface area (Å²) in [5, 5.41) is 3.15. The van der Waals surface area contributed by atoms with Crippen molar-refractivity contribution in [3.05, 3.63) is 60.2 Å². The monoisotopic (exact) mass is 269 g/mol. The Hall–Kier alpha value is -2.69. The third-order valence-electron chi connectivity index (χ3n) is 3.30. The number of hydrogen-bond donors (Lipinski definition) is 1. The molecule has 0 aliphatic heterocycles. The Balaban J connectivity index is 1.94. The van der Waals surface area contributed by atoms with E-state index in [1.165, 1.54) is 24.3 Å². The number of aromatic amines is 1. The maximum Gasteiger partial charge on any atom is 0.154 e. The van der Waals surface area contributed by atoms with Crippen molar-refractivity contribution in [2.75, 3.05) is 0 Å². The molecule has 0 aliphatic carbocycles. The second-order valence-corrected chi connectivity index (χ2v) is 4.62. The fourth-order valence-electron chi connectivity index (χ4n) is 2.34. The second-order valence-electron chi connectivity index (χ2n) is 4.62. The fourth-order valence-corrected chi connectivity index (χ4v) is 2.34. The Kier molecular flexibility index (Phi) is 2.18. The predicted octanol–water partition coefficient (Wildman–Crippen LogP) is 3.76. The van der Waals surface area contributed by atoms with Crippen molar-refractivity contribution in [2.45, 2.75) is 0 Å². The van der Waals surface area contributed by atoms with Crippen LogP contribution in [-0.2, 0) is 0 Å². The highest BCUT2D eigenvalue weighted by Gasteiger charge is 2.10. The van der Waals surface area contributed by atoms with Crippen LogP contribution in [0.5, 0.6) is 0 Å². The molecule has 0 saturated heterocycles. The fraction of sp³-hybridized carbons (Fsp3) is 0. The molecule has 20 heavy (non-hydrogen) atoms.